The first-order valence-electron chi connectivity index (χ1n) is 9.41. The summed E-state index contributed by atoms with van der Waals surface area (Å²) in [7, 11) is 0. The molecule has 0 atom stereocenters. The molecule has 0 saturated carbocycles. The van der Waals surface area contributed by atoms with Crippen LogP contribution in [0.3, 0.4) is 0 Å². The van der Waals surface area contributed by atoms with E-state index in [9.17, 15) is 0 Å². The molecule has 0 spiro atoms. The molecule has 0 radical (unpaired) electrons. The molecule has 0 unspecified atom stereocenters. The molecule has 2 nitrogen and oxygen atoms in total. The Bertz CT molecular complexity index is 1090. The number of rotatable bonds is 0. The minimum atomic E-state index is -0.0983. The fourth-order valence-corrected chi connectivity index (χ4v) is 5.67. The third kappa shape index (κ3) is 1.68. The van der Waals surface area contributed by atoms with Gasteiger partial charge in [-0.05, 0) is 46.5 Å². The molecule has 3 aliphatic heterocycles. The molecule has 0 aliphatic carbocycles. The van der Waals surface area contributed by atoms with E-state index in [1.54, 1.807) is 0 Å². The van der Waals surface area contributed by atoms with E-state index in [0.717, 1.165) is 16.0 Å². The van der Waals surface area contributed by atoms with Crippen LogP contribution >= 0.6 is 15.9 Å². The van der Waals surface area contributed by atoms with Gasteiger partial charge in [0.2, 0.25) is 0 Å². The van der Waals surface area contributed by atoms with Crippen molar-refractivity contribution in [1.82, 2.24) is 0 Å². The topological polar surface area (TPSA) is 12.5 Å². The average Bonchev–Trinajstić information content (AvgIpc) is 2.63. The third-order valence-electron chi connectivity index (χ3n) is 6.66. The van der Waals surface area contributed by atoms with Crippen molar-refractivity contribution in [3.05, 3.63) is 75.3 Å². The van der Waals surface area contributed by atoms with Crippen molar-refractivity contribution in [2.75, 3.05) is 4.90 Å². The van der Waals surface area contributed by atoms with E-state index in [-0.39, 0.29) is 10.8 Å². The summed E-state index contributed by atoms with van der Waals surface area (Å²) in [6, 6.07) is 17.5. The molecule has 0 fully saturated rings. The summed E-state index contributed by atoms with van der Waals surface area (Å²) >= 11 is 3.79. The van der Waals surface area contributed by atoms with Crippen molar-refractivity contribution >= 4 is 33.0 Å². The van der Waals surface area contributed by atoms with Gasteiger partial charge in [0.1, 0.15) is 0 Å². The Hall–Kier alpha value is -2.26. The fraction of sp³-hybridized carbons (Fsp3) is 0.250. The van der Waals surface area contributed by atoms with Crippen LogP contribution < -0.4 is 9.64 Å². The number of hydrogen-bond donors (Lipinski definition) is 0. The summed E-state index contributed by atoms with van der Waals surface area (Å²) in [4.78, 5) is 2.46. The van der Waals surface area contributed by atoms with Gasteiger partial charge < -0.3 is 9.64 Å². The first-order chi connectivity index (χ1) is 12.8. The van der Waals surface area contributed by atoms with Crippen molar-refractivity contribution in [2.24, 2.45) is 0 Å². The normalized spacial score (nSPS) is 18.6. The number of anilines is 3. The lowest BCUT2D eigenvalue weighted by Crippen LogP contribution is -2.39. The van der Waals surface area contributed by atoms with Gasteiger partial charge in [-0.25, -0.2) is 0 Å². The van der Waals surface area contributed by atoms with Gasteiger partial charge in [0.05, 0.1) is 17.1 Å². The van der Waals surface area contributed by atoms with Gasteiger partial charge in [0, 0.05) is 15.3 Å². The van der Waals surface area contributed by atoms with Gasteiger partial charge in [-0.3, -0.25) is 0 Å². The highest BCUT2D eigenvalue weighted by molar-refractivity contribution is 9.10. The highest BCUT2D eigenvalue weighted by Gasteiger charge is 2.49. The Kier molecular flexibility index (Phi) is 2.68. The third-order valence-corrected chi connectivity index (χ3v) is 7.11. The van der Waals surface area contributed by atoms with Crippen molar-refractivity contribution in [3.8, 4) is 11.5 Å². The number of para-hydroxylation sites is 2. The second-order valence-electron chi connectivity index (χ2n) is 8.84. The Labute approximate surface area is 167 Å². The largest absolute Gasteiger partial charge is 0.453 e. The van der Waals surface area contributed by atoms with Crippen LogP contribution in [-0.2, 0) is 10.8 Å². The Balaban J connectivity index is 1.87. The van der Waals surface area contributed by atoms with Crippen LogP contribution in [0.5, 0.6) is 11.5 Å². The summed E-state index contributed by atoms with van der Waals surface area (Å²) in [5.74, 6) is 1.90. The number of hydrogen-bond acceptors (Lipinski definition) is 2. The zero-order valence-corrected chi connectivity index (χ0v) is 17.4. The minimum Gasteiger partial charge on any atom is -0.453 e. The molecular weight excluding hydrogens is 398 g/mol. The summed E-state index contributed by atoms with van der Waals surface area (Å²) < 4.78 is 7.55. The van der Waals surface area contributed by atoms with Crippen molar-refractivity contribution < 1.29 is 4.74 Å². The van der Waals surface area contributed by atoms with Gasteiger partial charge in [0.25, 0.3) is 0 Å². The molecule has 0 aromatic heterocycles. The number of ether oxygens (including phenoxy) is 1. The molecule has 3 heteroatoms. The summed E-state index contributed by atoms with van der Waals surface area (Å²) in [6.45, 7) is 9.30. The number of nitrogens with zero attached hydrogens (tertiary/aromatic N) is 1. The Morgan fingerprint density at radius 1 is 0.704 bits per heavy atom. The quantitative estimate of drug-likeness (QED) is 0.297. The zero-order chi connectivity index (χ0) is 18.7. The van der Waals surface area contributed by atoms with Crippen molar-refractivity contribution in [2.45, 2.75) is 38.5 Å². The molecular formula is C24H20BrNO. The zero-order valence-electron chi connectivity index (χ0n) is 15.9. The van der Waals surface area contributed by atoms with Crippen LogP contribution in [0.1, 0.15) is 49.9 Å². The highest BCUT2D eigenvalue weighted by Crippen LogP contribution is 2.66. The van der Waals surface area contributed by atoms with Crippen LogP contribution in [0, 0.1) is 0 Å². The SMILES string of the molecule is CC1(C)c2cccc3c2N2c4c(cccc4C(C)(C)c4cc(Br)cc1c42)O3. The molecule has 27 heavy (non-hydrogen) atoms. The molecule has 3 aliphatic rings. The highest BCUT2D eigenvalue weighted by atomic mass is 79.9. The second-order valence-corrected chi connectivity index (χ2v) is 9.76. The van der Waals surface area contributed by atoms with Gasteiger partial charge in [-0.1, -0.05) is 67.9 Å². The van der Waals surface area contributed by atoms with Crippen LogP contribution in [0.4, 0.5) is 17.1 Å². The average molecular weight is 418 g/mol. The van der Waals surface area contributed by atoms with Crippen LogP contribution in [0.25, 0.3) is 0 Å². The maximum absolute atomic E-state index is 6.41. The monoisotopic (exact) mass is 417 g/mol. The summed E-state index contributed by atoms with van der Waals surface area (Å²) in [6.07, 6.45) is 0. The second kappa shape index (κ2) is 4.59. The summed E-state index contributed by atoms with van der Waals surface area (Å²) in [5, 5.41) is 0. The lowest BCUT2D eigenvalue weighted by molar-refractivity contribution is 0.464. The van der Waals surface area contributed by atoms with E-state index < -0.39 is 0 Å². The van der Waals surface area contributed by atoms with Gasteiger partial charge >= 0.3 is 0 Å². The molecule has 0 amide bonds. The number of benzene rings is 3. The van der Waals surface area contributed by atoms with E-state index in [4.69, 9.17) is 4.74 Å². The maximum Gasteiger partial charge on any atom is 0.151 e. The van der Waals surface area contributed by atoms with E-state index >= 15 is 0 Å². The van der Waals surface area contributed by atoms with E-state index in [2.05, 4.69) is 97.1 Å². The van der Waals surface area contributed by atoms with E-state index in [0.29, 0.717) is 0 Å². The van der Waals surface area contributed by atoms with Gasteiger partial charge in [0.15, 0.2) is 11.5 Å². The van der Waals surface area contributed by atoms with Gasteiger partial charge in [-0.15, -0.1) is 0 Å². The molecule has 0 saturated heterocycles. The van der Waals surface area contributed by atoms with Crippen LogP contribution in [0.15, 0.2) is 53.0 Å². The maximum atomic E-state index is 6.41. The lowest BCUT2D eigenvalue weighted by Gasteiger charge is -2.51. The Morgan fingerprint density at radius 2 is 1.19 bits per heavy atom. The molecule has 0 bridgehead atoms. The Morgan fingerprint density at radius 3 is 1.67 bits per heavy atom. The molecule has 134 valence electrons. The molecule has 6 rings (SSSR count). The number of halogens is 1. The standard InChI is InChI=1S/C24H20BrNO/c1-23(2)14-7-5-9-18-21(14)26-20-16(23)11-13(25)12-17(20)24(3,4)15-8-6-10-19(27-18)22(15)26/h5-12H,1-4H3. The molecule has 3 heterocycles. The van der Waals surface area contributed by atoms with Crippen molar-refractivity contribution in [3.63, 3.8) is 0 Å². The summed E-state index contributed by atoms with van der Waals surface area (Å²) in [5.41, 5.74) is 8.91. The predicted octanol–water partition coefficient (Wildman–Crippen LogP) is 7.30. The van der Waals surface area contributed by atoms with Crippen LogP contribution in [-0.4, -0.2) is 0 Å². The smallest absolute Gasteiger partial charge is 0.151 e. The minimum absolute atomic E-state index is 0.0983. The van der Waals surface area contributed by atoms with E-state index in [1.807, 2.05) is 0 Å². The molecule has 3 aromatic carbocycles. The fourth-order valence-electron chi connectivity index (χ4n) is 5.22. The first kappa shape index (κ1) is 15.8. The first-order valence-corrected chi connectivity index (χ1v) is 10.2. The molecule has 3 aromatic rings. The lowest BCUT2D eigenvalue weighted by atomic mass is 9.66. The van der Waals surface area contributed by atoms with E-state index in [1.165, 1.54) is 39.3 Å². The molecule has 0 N–H and O–H groups in total. The van der Waals surface area contributed by atoms with Crippen LogP contribution in [0.2, 0.25) is 0 Å². The predicted molar refractivity (Wildman–Crippen MR) is 113 cm³/mol. The van der Waals surface area contributed by atoms with Gasteiger partial charge in [-0.2, -0.15) is 0 Å². The van der Waals surface area contributed by atoms with Crippen molar-refractivity contribution in [1.29, 1.82) is 0 Å².